The van der Waals surface area contributed by atoms with Crippen molar-refractivity contribution >= 4 is 15.9 Å². The number of hydrogen-bond acceptors (Lipinski definition) is 3. The number of nitrogens with one attached hydrogen (secondary N) is 1. The van der Waals surface area contributed by atoms with Gasteiger partial charge >= 0.3 is 10.2 Å². The van der Waals surface area contributed by atoms with Gasteiger partial charge in [0.15, 0.2) is 0 Å². The van der Waals surface area contributed by atoms with Gasteiger partial charge in [-0.3, -0.25) is 4.72 Å². The van der Waals surface area contributed by atoms with Gasteiger partial charge < -0.3 is 5.73 Å². The van der Waals surface area contributed by atoms with E-state index in [1.165, 1.54) is 4.31 Å². The van der Waals surface area contributed by atoms with Crippen LogP contribution in [0.2, 0.25) is 0 Å². The highest BCUT2D eigenvalue weighted by atomic mass is 32.2. The molecule has 0 bridgehead atoms. The molecule has 0 spiro atoms. The highest BCUT2D eigenvalue weighted by Gasteiger charge is 2.23. The Morgan fingerprint density at radius 1 is 1.16 bits per heavy atom. The molecule has 0 aliphatic carbocycles. The van der Waals surface area contributed by atoms with Crippen molar-refractivity contribution in [3.63, 3.8) is 0 Å². The summed E-state index contributed by atoms with van der Waals surface area (Å²) in [4.78, 5) is 0. The summed E-state index contributed by atoms with van der Waals surface area (Å²) in [7, 11) is -3.42. The quantitative estimate of drug-likeness (QED) is 0.885. The summed E-state index contributed by atoms with van der Waals surface area (Å²) in [6.45, 7) is 3.10. The summed E-state index contributed by atoms with van der Waals surface area (Å²) in [5.41, 5.74) is 7.33. The van der Waals surface area contributed by atoms with E-state index in [4.69, 9.17) is 5.73 Å². The molecule has 1 saturated heterocycles. The molecular weight excluding hydrogens is 262 g/mol. The van der Waals surface area contributed by atoms with Crippen molar-refractivity contribution in [2.75, 3.05) is 17.8 Å². The molecule has 1 aliphatic rings. The first-order valence-corrected chi connectivity index (χ1v) is 8.06. The van der Waals surface area contributed by atoms with Crippen LogP contribution in [0, 0.1) is 0 Å². The molecule has 1 aliphatic heterocycles. The van der Waals surface area contributed by atoms with Crippen LogP contribution in [0.15, 0.2) is 24.3 Å². The van der Waals surface area contributed by atoms with Gasteiger partial charge in [-0.15, -0.1) is 0 Å². The summed E-state index contributed by atoms with van der Waals surface area (Å²) in [5, 5.41) is 0. The minimum Gasteiger partial charge on any atom is -0.324 e. The van der Waals surface area contributed by atoms with Crippen LogP contribution in [0.4, 0.5) is 5.69 Å². The number of nitrogens with two attached hydrogens (primary N) is 1. The molecule has 1 unspecified atom stereocenters. The van der Waals surface area contributed by atoms with E-state index in [2.05, 4.69) is 4.72 Å². The number of rotatable bonds is 4. The maximum absolute atomic E-state index is 12.2. The van der Waals surface area contributed by atoms with Crippen LogP contribution in [0.1, 0.15) is 37.8 Å². The number of anilines is 1. The van der Waals surface area contributed by atoms with Crippen molar-refractivity contribution in [2.45, 2.75) is 32.2 Å². The van der Waals surface area contributed by atoms with Crippen molar-refractivity contribution in [2.24, 2.45) is 5.73 Å². The van der Waals surface area contributed by atoms with Crippen LogP contribution < -0.4 is 10.5 Å². The Balaban J connectivity index is 2.06. The molecule has 19 heavy (non-hydrogen) atoms. The Bertz CT molecular complexity index is 505. The predicted molar refractivity (Wildman–Crippen MR) is 77.0 cm³/mol. The number of benzene rings is 1. The lowest BCUT2D eigenvalue weighted by Crippen LogP contribution is -2.39. The smallest absolute Gasteiger partial charge is 0.301 e. The summed E-state index contributed by atoms with van der Waals surface area (Å²) in [5.74, 6) is 0. The summed E-state index contributed by atoms with van der Waals surface area (Å²) < 4.78 is 28.4. The molecule has 106 valence electrons. The van der Waals surface area contributed by atoms with E-state index in [-0.39, 0.29) is 6.04 Å². The van der Waals surface area contributed by atoms with Gasteiger partial charge in [0.1, 0.15) is 0 Å². The van der Waals surface area contributed by atoms with Gasteiger partial charge in [0, 0.05) is 24.8 Å². The first-order valence-electron chi connectivity index (χ1n) is 6.62. The van der Waals surface area contributed by atoms with Gasteiger partial charge in [0.2, 0.25) is 0 Å². The van der Waals surface area contributed by atoms with Crippen LogP contribution in [0.25, 0.3) is 0 Å². The Morgan fingerprint density at radius 2 is 1.74 bits per heavy atom. The predicted octanol–water partition coefficient (Wildman–Crippen LogP) is 1.85. The molecule has 3 N–H and O–H groups in total. The lowest BCUT2D eigenvalue weighted by molar-refractivity contribution is 0.349. The minimum absolute atomic E-state index is 0.0484. The number of hydrogen-bond donors (Lipinski definition) is 2. The fourth-order valence-corrected chi connectivity index (χ4v) is 3.48. The van der Waals surface area contributed by atoms with Crippen LogP contribution >= 0.6 is 0 Å². The maximum atomic E-state index is 12.2. The van der Waals surface area contributed by atoms with Crippen LogP contribution in [0.5, 0.6) is 0 Å². The second kappa shape index (κ2) is 5.90. The SMILES string of the molecule is CC(N)c1ccc(NS(=O)(=O)N2CCCCC2)cc1. The lowest BCUT2D eigenvalue weighted by Gasteiger charge is -2.26. The second-order valence-electron chi connectivity index (χ2n) is 4.98. The largest absolute Gasteiger partial charge is 0.324 e. The van der Waals surface area contributed by atoms with E-state index in [1.54, 1.807) is 12.1 Å². The van der Waals surface area contributed by atoms with E-state index in [1.807, 2.05) is 19.1 Å². The highest BCUT2D eigenvalue weighted by Crippen LogP contribution is 2.18. The fraction of sp³-hybridized carbons (Fsp3) is 0.538. The van der Waals surface area contributed by atoms with Crippen molar-refractivity contribution in [1.82, 2.24) is 4.31 Å². The second-order valence-corrected chi connectivity index (χ2v) is 6.65. The van der Waals surface area contributed by atoms with Crippen LogP contribution in [0.3, 0.4) is 0 Å². The summed E-state index contributed by atoms with van der Waals surface area (Å²) >= 11 is 0. The monoisotopic (exact) mass is 283 g/mol. The molecule has 0 amide bonds. The van der Waals surface area contributed by atoms with Crippen LogP contribution in [-0.2, 0) is 10.2 Å². The van der Waals surface area contributed by atoms with E-state index < -0.39 is 10.2 Å². The Labute approximate surface area is 115 Å². The van der Waals surface area contributed by atoms with Gasteiger partial charge in [-0.25, -0.2) is 0 Å². The van der Waals surface area contributed by atoms with E-state index in [0.29, 0.717) is 18.8 Å². The van der Waals surface area contributed by atoms with Crippen molar-refractivity contribution in [3.05, 3.63) is 29.8 Å². The zero-order chi connectivity index (χ0) is 13.9. The van der Waals surface area contributed by atoms with E-state index in [9.17, 15) is 8.42 Å². The standard InChI is InChI=1S/C13H21N3O2S/c1-11(14)12-5-7-13(8-6-12)15-19(17,18)16-9-3-2-4-10-16/h5-8,11,15H,2-4,9-10,14H2,1H3. The third kappa shape index (κ3) is 3.68. The normalized spacial score (nSPS) is 19.1. The fourth-order valence-electron chi connectivity index (χ4n) is 2.17. The van der Waals surface area contributed by atoms with Gasteiger partial charge in [-0.1, -0.05) is 18.6 Å². The average molecular weight is 283 g/mol. The third-order valence-corrected chi connectivity index (χ3v) is 4.88. The minimum atomic E-state index is -3.42. The molecule has 1 aromatic rings. The van der Waals surface area contributed by atoms with Gasteiger partial charge in [0.05, 0.1) is 0 Å². The Hall–Kier alpha value is -1.11. The van der Waals surface area contributed by atoms with E-state index >= 15 is 0 Å². The molecular formula is C13H21N3O2S. The molecule has 6 heteroatoms. The van der Waals surface area contributed by atoms with Gasteiger partial charge in [-0.05, 0) is 37.5 Å². The number of nitrogens with zero attached hydrogens (tertiary/aromatic N) is 1. The van der Waals surface area contributed by atoms with Gasteiger partial charge in [0.25, 0.3) is 0 Å². The molecule has 0 aromatic heterocycles. The average Bonchev–Trinajstić information content (AvgIpc) is 2.40. The molecule has 0 saturated carbocycles. The topological polar surface area (TPSA) is 75.4 Å². The molecule has 0 radical (unpaired) electrons. The third-order valence-electron chi connectivity index (χ3n) is 3.34. The lowest BCUT2D eigenvalue weighted by atomic mass is 10.1. The Morgan fingerprint density at radius 3 is 2.26 bits per heavy atom. The summed E-state index contributed by atoms with van der Waals surface area (Å²) in [6.07, 6.45) is 2.98. The van der Waals surface area contributed by atoms with Gasteiger partial charge in [-0.2, -0.15) is 12.7 Å². The molecule has 5 nitrogen and oxygen atoms in total. The molecule has 1 aromatic carbocycles. The highest BCUT2D eigenvalue weighted by molar-refractivity contribution is 7.90. The Kier molecular flexibility index (Phi) is 4.44. The van der Waals surface area contributed by atoms with Crippen molar-refractivity contribution in [1.29, 1.82) is 0 Å². The molecule has 1 fully saturated rings. The van der Waals surface area contributed by atoms with E-state index in [0.717, 1.165) is 24.8 Å². The molecule has 2 rings (SSSR count). The molecule has 1 heterocycles. The van der Waals surface area contributed by atoms with Crippen molar-refractivity contribution in [3.8, 4) is 0 Å². The zero-order valence-electron chi connectivity index (χ0n) is 11.2. The first kappa shape index (κ1) is 14.3. The van der Waals surface area contributed by atoms with Crippen LogP contribution in [-0.4, -0.2) is 25.8 Å². The number of piperidine rings is 1. The summed E-state index contributed by atoms with van der Waals surface area (Å²) in [6, 6.07) is 7.14. The maximum Gasteiger partial charge on any atom is 0.301 e. The van der Waals surface area contributed by atoms with Crippen molar-refractivity contribution < 1.29 is 8.42 Å². The zero-order valence-corrected chi connectivity index (χ0v) is 12.0. The molecule has 1 atom stereocenters. The first-order chi connectivity index (χ1) is 8.99.